The van der Waals surface area contributed by atoms with Crippen molar-refractivity contribution < 1.29 is 19.1 Å². The number of nitrogens with zero attached hydrogens (tertiary/aromatic N) is 1. The van der Waals surface area contributed by atoms with Crippen molar-refractivity contribution in [2.75, 3.05) is 32.8 Å². The van der Waals surface area contributed by atoms with Gasteiger partial charge in [0.25, 0.3) is 11.8 Å². The monoisotopic (exact) mass is 396 g/mol. The lowest BCUT2D eigenvalue weighted by Crippen LogP contribution is -2.43. The molecule has 2 aromatic rings. The molecule has 0 unspecified atom stereocenters. The van der Waals surface area contributed by atoms with Gasteiger partial charge in [-0.2, -0.15) is 0 Å². The zero-order chi connectivity index (χ0) is 20.5. The Labute approximate surface area is 171 Å². The summed E-state index contributed by atoms with van der Waals surface area (Å²) in [5.41, 5.74) is 1.15. The van der Waals surface area contributed by atoms with Crippen LogP contribution < -0.4 is 14.8 Å². The van der Waals surface area contributed by atoms with Crippen LogP contribution in [0, 0.1) is 12.8 Å². The Morgan fingerprint density at radius 1 is 0.931 bits per heavy atom. The van der Waals surface area contributed by atoms with Crippen LogP contribution in [0.4, 0.5) is 0 Å². The van der Waals surface area contributed by atoms with E-state index in [0.29, 0.717) is 37.1 Å². The van der Waals surface area contributed by atoms with Gasteiger partial charge < -0.3 is 19.7 Å². The first-order valence-electron chi connectivity index (χ1n) is 10.0. The van der Waals surface area contributed by atoms with Gasteiger partial charge in [0.2, 0.25) is 0 Å². The molecule has 154 valence electrons. The van der Waals surface area contributed by atoms with E-state index >= 15 is 0 Å². The summed E-state index contributed by atoms with van der Waals surface area (Å²) in [6.45, 7) is 4.07. The third kappa shape index (κ3) is 6.82. The van der Waals surface area contributed by atoms with Gasteiger partial charge in [0, 0.05) is 19.6 Å². The topological polar surface area (TPSA) is 67.9 Å². The van der Waals surface area contributed by atoms with Gasteiger partial charge in [0.05, 0.1) is 0 Å². The summed E-state index contributed by atoms with van der Waals surface area (Å²) in [6.07, 6.45) is 1.74. The van der Waals surface area contributed by atoms with Crippen molar-refractivity contribution >= 4 is 11.8 Å². The molecule has 0 saturated carbocycles. The molecule has 3 rings (SSSR count). The van der Waals surface area contributed by atoms with Crippen molar-refractivity contribution in [3.8, 4) is 11.5 Å². The molecule has 0 bridgehead atoms. The number of likely N-dealkylation sites (tertiary alicyclic amines) is 1. The number of aryl methyl sites for hydroxylation is 1. The summed E-state index contributed by atoms with van der Waals surface area (Å²) in [7, 11) is 0. The quantitative estimate of drug-likeness (QED) is 0.745. The Hall–Kier alpha value is -3.02. The first-order valence-corrected chi connectivity index (χ1v) is 10.0. The highest BCUT2D eigenvalue weighted by atomic mass is 16.5. The lowest BCUT2D eigenvalue weighted by molar-refractivity contribution is -0.135. The van der Waals surface area contributed by atoms with Crippen molar-refractivity contribution in [3.63, 3.8) is 0 Å². The minimum Gasteiger partial charge on any atom is -0.484 e. The summed E-state index contributed by atoms with van der Waals surface area (Å²) >= 11 is 0. The van der Waals surface area contributed by atoms with Crippen LogP contribution in [-0.2, 0) is 9.59 Å². The largest absolute Gasteiger partial charge is 0.484 e. The van der Waals surface area contributed by atoms with Crippen molar-refractivity contribution in [2.24, 2.45) is 5.92 Å². The Bertz CT molecular complexity index is 784. The standard InChI is InChI=1S/C23H28N2O4/c1-18-7-9-21(10-8-18)28-16-22(26)24-15-19-11-13-25(14-12-19)23(27)17-29-20-5-3-2-4-6-20/h2-10,19H,11-17H2,1H3,(H,24,26). The highest BCUT2D eigenvalue weighted by Gasteiger charge is 2.23. The minimum atomic E-state index is -0.125. The van der Waals surface area contributed by atoms with E-state index in [-0.39, 0.29) is 25.0 Å². The number of hydrogen-bond acceptors (Lipinski definition) is 4. The average molecular weight is 396 g/mol. The first-order chi connectivity index (χ1) is 14.1. The van der Waals surface area contributed by atoms with Gasteiger partial charge in [-0.1, -0.05) is 35.9 Å². The third-order valence-electron chi connectivity index (χ3n) is 5.05. The van der Waals surface area contributed by atoms with Gasteiger partial charge in [-0.05, 0) is 49.9 Å². The number of benzene rings is 2. The molecule has 0 aromatic heterocycles. The Morgan fingerprint density at radius 3 is 2.24 bits per heavy atom. The predicted molar refractivity (Wildman–Crippen MR) is 111 cm³/mol. The Morgan fingerprint density at radius 2 is 1.55 bits per heavy atom. The van der Waals surface area contributed by atoms with Crippen LogP contribution in [-0.4, -0.2) is 49.6 Å². The molecule has 6 heteroatoms. The first kappa shape index (κ1) is 20.7. The fraction of sp³-hybridized carbons (Fsp3) is 0.391. The van der Waals surface area contributed by atoms with Gasteiger partial charge in [-0.15, -0.1) is 0 Å². The number of nitrogens with one attached hydrogen (secondary N) is 1. The highest BCUT2D eigenvalue weighted by molar-refractivity contribution is 5.78. The second-order valence-corrected chi connectivity index (χ2v) is 7.33. The maximum absolute atomic E-state index is 12.3. The molecule has 0 aliphatic carbocycles. The number of amides is 2. The van der Waals surface area contributed by atoms with E-state index < -0.39 is 0 Å². The number of para-hydroxylation sites is 1. The predicted octanol–water partition coefficient (Wildman–Crippen LogP) is 2.81. The van der Waals surface area contributed by atoms with Crippen LogP contribution >= 0.6 is 0 Å². The summed E-state index contributed by atoms with van der Waals surface area (Å²) in [5, 5.41) is 2.93. The second kappa shape index (κ2) is 10.5. The van der Waals surface area contributed by atoms with Gasteiger partial charge >= 0.3 is 0 Å². The van der Waals surface area contributed by atoms with Crippen LogP contribution in [0.2, 0.25) is 0 Å². The van der Waals surface area contributed by atoms with Crippen molar-refractivity contribution in [1.29, 1.82) is 0 Å². The molecule has 1 fully saturated rings. The number of carbonyl (C=O) groups is 2. The molecule has 0 spiro atoms. The van der Waals surface area contributed by atoms with Crippen molar-refractivity contribution in [2.45, 2.75) is 19.8 Å². The maximum Gasteiger partial charge on any atom is 0.260 e. The number of rotatable bonds is 8. The van der Waals surface area contributed by atoms with Crippen molar-refractivity contribution in [1.82, 2.24) is 10.2 Å². The van der Waals surface area contributed by atoms with Gasteiger partial charge in [-0.3, -0.25) is 9.59 Å². The molecule has 1 saturated heterocycles. The van der Waals surface area contributed by atoms with E-state index in [1.54, 1.807) is 0 Å². The lowest BCUT2D eigenvalue weighted by atomic mass is 9.97. The van der Waals surface area contributed by atoms with E-state index in [1.165, 1.54) is 0 Å². The molecule has 1 aliphatic heterocycles. The van der Waals surface area contributed by atoms with Gasteiger partial charge in [-0.25, -0.2) is 0 Å². The molecule has 0 radical (unpaired) electrons. The summed E-state index contributed by atoms with van der Waals surface area (Å²) < 4.78 is 11.0. The minimum absolute atomic E-state index is 0.00263. The van der Waals surface area contributed by atoms with E-state index in [2.05, 4.69) is 5.32 Å². The van der Waals surface area contributed by atoms with E-state index in [0.717, 1.165) is 18.4 Å². The zero-order valence-electron chi connectivity index (χ0n) is 16.8. The zero-order valence-corrected chi connectivity index (χ0v) is 16.8. The summed E-state index contributed by atoms with van der Waals surface area (Å²) in [6, 6.07) is 17.0. The summed E-state index contributed by atoms with van der Waals surface area (Å²) in [5.74, 6) is 1.64. The molecule has 0 atom stereocenters. The number of carbonyl (C=O) groups excluding carboxylic acids is 2. The van der Waals surface area contributed by atoms with Crippen LogP contribution in [0.3, 0.4) is 0 Å². The number of piperidine rings is 1. The average Bonchev–Trinajstić information content (AvgIpc) is 2.76. The molecule has 2 amide bonds. The third-order valence-corrected chi connectivity index (χ3v) is 5.05. The fourth-order valence-electron chi connectivity index (χ4n) is 3.23. The molecule has 1 aliphatic rings. The van der Waals surface area contributed by atoms with Gasteiger partial charge in [0.15, 0.2) is 13.2 Å². The molecule has 29 heavy (non-hydrogen) atoms. The molecule has 2 aromatic carbocycles. The second-order valence-electron chi connectivity index (χ2n) is 7.33. The molecule has 6 nitrogen and oxygen atoms in total. The smallest absolute Gasteiger partial charge is 0.260 e. The highest BCUT2D eigenvalue weighted by Crippen LogP contribution is 2.17. The van der Waals surface area contributed by atoms with Crippen molar-refractivity contribution in [3.05, 3.63) is 60.2 Å². The number of ether oxygens (including phenoxy) is 2. The van der Waals surface area contributed by atoms with Gasteiger partial charge in [0.1, 0.15) is 11.5 Å². The normalized spacial score (nSPS) is 14.3. The van der Waals surface area contributed by atoms with E-state index in [4.69, 9.17) is 9.47 Å². The lowest BCUT2D eigenvalue weighted by Gasteiger charge is -2.32. The van der Waals surface area contributed by atoms with Crippen LogP contribution in [0.25, 0.3) is 0 Å². The molecule has 1 N–H and O–H groups in total. The Kier molecular flexibility index (Phi) is 7.50. The van der Waals surface area contributed by atoms with E-state index in [9.17, 15) is 9.59 Å². The van der Waals surface area contributed by atoms with Crippen LogP contribution in [0.5, 0.6) is 11.5 Å². The van der Waals surface area contributed by atoms with Crippen LogP contribution in [0.1, 0.15) is 18.4 Å². The molecular weight excluding hydrogens is 368 g/mol. The SMILES string of the molecule is Cc1ccc(OCC(=O)NCC2CCN(C(=O)COc3ccccc3)CC2)cc1. The number of hydrogen-bond donors (Lipinski definition) is 1. The summed E-state index contributed by atoms with van der Waals surface area (Å²) in [4.78, 5) is 26.1. The fourth-order valence-corrected chi connectivity index (χ4v) is 3.23. The maximum atomic E-state index is 12.3. The molecule has 1 heterocycles. The van der Waals surface area contributed by atoms with Crippen LogP contribution in [0.15, 0.2) is 54.6 Å². The van der Waals surface area contributed by atoms with E-state index in [1.807, 2.05) is 66.4 Å². The molecular formula is C23H28N2O4. The Balaban J connectivity index is 1.30.